The van der Waals surface area contributed by atoms with Gasteiger partial charge >= 0.3 is 0 Å². The van der Waals surface area contributed by atoms with Crippen LogP contribution in [0.4, 0.5) is 0 Å². The molecule has 0 aliphatic carbocycles. The fourth-order valence-electron chi connectivity index (χ4n) is 1.29. The van der Waals surface area contributed by atoms with Gasteiger partial charge in [0.25, 0.3) is 0 Å². The van der Waals surface area contributed by atoms with Gasteiger partial charge in [0.1, 0.15) is 0 Å². The van der Waals surface area contributed by atoms with E-state index in [1.165, 1.54) is 5.56 Å². The van der Waals surface area contributed by atoms with Crippen molar-refractivity contribution in [1.82, 2.24) is 4.98 Å². The summed E-state index contributed by atoms with van der Waals surface area (Å²) in [6, 6.07) is 4.17. The lowest BCUT2D eigenvalue weighted by atomic mass is 10.0. The number of pyridine rings is 1. The van der Waals surface area contributed by atoms with E-state index in [1.54, 1.807) is 7.11 Å². The third-order valence-corrected chi connectivity index (χ3v) is 2.12. The van der Waals surface area contributed by atoms with Crippen LogP contribution in [0.25, 0.3) is 0 Å². The van der Waals surface area contributed by atoms with E-state index >= 15 is 0 Å². The van der Waals surface area contributed by atoms with Gasteiger partial charge < -0.3 is 4.74 Å². The van der Waals surface area contributed by atoms with Crippen molar-refractivity contribution in [3.05, 3.63) is 23.4 Å². The number of methoxy groups -OCH3 is 1. The number of aryl methyl sites for hydroxylation is 1. The van der Waals surface area contributed by atoms with E-state index in [0.29, 0.717) is 5.92 Å². The molecule has 0 radical (unpaired) electrons. The zero-order valence-electron chi connectivity index (χ0n) is 8.79. The van der Waals surface area contributed by atoms with Crippen LogP contribution in [0, 0.1) is 0 Å². The van der Waals surface area contributed by atoms with Gasteiger partial charge in [-0.05, 0) is 18.4 Å². The van der Waals surface area contributed by atoms with E-state index in [1.807, 2.05) is 0 Å². The van der Waals surface area contributed by atoms with E-state index < -0.39 is 0 Å². The van der Waals surface area contributed by atoms with E-state index in [9.17, 15) is 0 Å². The van der Waals surface area contributed by atoms with E-state index in [-0.39, 0.29) is 0 Å². The van der Waals surface area contributed by atoms with Crippen LogP contribution >= 0.6 is 0 Å². The van der Waals surface area contributed by atoms with Gasteiger partial charge in [-0.3, -0.25) is 0 Å². The van der Waals surface area contributed by atoms with Crippen molar-refractivity contribution in [2.24, 2.45) is 0 Å². The number of hydrogen-bond acceptors (Lipinski definition) is 2. The topological polar surface area (TPSA) is 22.1 Å². The Morgan fingerprint density at radius 1 is 1.38 bits per heavy atom. The zero-order valence-corrected chi connectivity index (χ0v) is 8.79. The molecule has 0 saturated heterocycles. The molecular weight excluding hydrogens is 162 g/mol. The maximum Gasteiger partial charge on any atom is 0.216 e. The summed E-state index contributed by atoms with van der Waals surface area (Å²) in [6.07, 6.45) is 0.953. The van der Waals surface area contributed by atoms with Crippen LogP contribution in [0.1, 0.15) is 37.9 Å². The smallest absolute Gasteiger partial charge is 0.216 e. The monoisotopic (exact) mass is 179 g/mol. The lowest BCUT2D eigenvalue weighted by Gasteiger charge is -2.11. The summed E-state index contributed by atoms with van der Waals surface area (Å²) in [7, 11) is 1.67. The van der Waals surface area contributed by atoms with Crippen LogP contribution < -0.4 is 4.74 Å². The van der Waals surface area contributed by atoms with Crippen LogP contribution in [0.3, 0.4) is 0 Å². The highest BCUT2D eigenvalue weighted by atomic mass is 16.5. The van der Waals surface area contributed by atoms with E-state index in [0.717, 1.165) is 18.0 Å². The van der Waals surface area contributed by atoms with Crippen molar-refractivity contribution >= 4 is 0 Å². The average molecular weight is 179 g/mol. The minimum Gasteiger partial charge on any atom is -0.481 e. The van der Waals surface area contributed by atoms with Gasteiger partial charge in [0.15, 0.2) is 0 Å². The Balaban J connectivity index is 3.08. The van der Waals surface area contributed by atoms with Crippen LogP contribution in [0.2, 0.25) is 0 Å². The van der Waals surface area contributed by atoms with Gasteiger partial charge in [-0.25, -0.2) is 4.98 Å². The summed E-state index contributed by atoms with van der Waals surface area (Å²) in [5, 5.41) is 0. The molecule has 0 N–H and O–H groups in total. The Bertz CT molecular complexity index is 281. The van der Waals surface area contributed by atoms with Crippen molar-refractivity contribution < 1.29 is 4.74 Å². The molecule has 0 spiro atoms. The number of hydrogen-bond donors (Lipinski definition) is 0. The molecule has 1 aromatic rings. The Morgan fingerprint density at radius 2 is 2.08 bits per heavy atom. The first-order valence-corrected chi connectivity index (χ1v) is 4.72. The highest BCUT2D eigenvalue weighted by Crippen LogP contribution is 2.24. The lowest BCUT2D eigenvalue weighted by Crippen LogP contribution is -1.99. The molecule has 13 heavy (non-hydrogen) atoms. The van der Waals surface area contributed by atoms with Crippen LogP contribution in [0.5, 0.6) is 5.88 Å². The second kappa shape index (κ2) is 4.26. The Hall–Kier alpha value is -1.05. The van der Waals surface area contributed by atoms with Crippen LogP contribution in [-0.4, -0.2) is 12.1 Å². The van der Waals surface area contributed by atoms with Gasteiger partial charge in [0, 0.05) is 11.3 Å². The predicted molar refractivity (Wildman–Crippen MR) is 54.3 cm³/mol. The SMILES string of the molecule is CCc1ccc(C(C)C)c(OC)n1. The van der Waals surface area contributed by atoms with Crippen molar-refractivity contribution in [1.29, 1.82) is 0 Å². The summed E-state index contributed by atoms with van der Waals surface area (Å²) in [4.78, 5) is 4.41. The number of nitrogens with zero attached hydrogens (tertiary/aromatic N) is 1. The van der Waals surface area contributed by atoms with Gasteiger partial charge in [0.2, 0.25) is 5.88 Å². The quantitative estimate of drug-likeness (QED) is 0.711. The summed E-state index contributed by atoms with van der Waals surface area (Å²) in [6.45, 7) is 6.38. The van der Waals surface area contributed by atoms with Gasteiger partial charge in [0.05, 0.1) is 7.11 Å². The highest BCUT2D eigenvalue weighted by Gasteiger charge is 2.08. The summed E-state index contributed by atoms with van der Waals surface area (Å²) >= 11 is 0. The third-order valence-electron chi connectivity index (χ3n) is 2.12. The molecule has 1 heterocycles. The van der Waals surface area contributed by atoms with Crippen LogP contribution in [0.15, 0.2) is 12.1 Å². The largest absolute Gasteiger partial charge is 0.481 e. The Labute approximate surface area is 80.0 Å². The molecule has 0 aliphatic heterocycles. The first-order valence-electron chi connectivity index (χ1n) is 4.72. The van der Waals surface area contributed by atoms with Gasteiger partial charge in [-0.15, -0.1) is 0 Å². The summed E-state index contributed by atoms with van der Waals surface area (Å²) in [5.74, 6) is 1.24. The minimum absolute atomic E-state index is 0.466. The standard InChI is InChI=1S/C11H17NO/c1-5-9-6-7-10(8(2)3)11(12-9)13-4/h6-8H,5H2,1-4H3. The number of rotatable bonds is 3. The highest BCUT2D eigenvalue weighted by molar-refractivity contribution is 5.30. The molecule has 0 amide bonds. The molecule has 0 atom stereocenters. The van der Waals surface area contributed by atoms with Crippen molar-refractivity contribution in [2.75, 3.05) is 7.11 Å². The molecule has 0 fully saturated rings. The van der Waals surface area contributed by atoms with E-state index in [4.69, 9.17) is 4.74 Å². The molecule has 0 saturated carbocycles. The van der Waals surface area contributed by atoms with Gasteiger partial charge in [-0.2, -0.15) is 0 Å². The van der Waals surface area contributed by atoms with Crippen LogP contribution in [-0.2, 0) is 6.42 Å². The molecule has 0 aliphatic rings. The first kappa shape index (κ1) is 10.0. The fourth-order valence-corrected chi connectivity index (χ4v) is 1.29. The lowest BCUT2D eigenvalue weighted by molar-refractivity contribution is 0.389. The summed E-state index contributed by atoms with van der Waals surface area (Å²) in [5.41, 5.74) is 2.26. The van der Waals surface area contributed by atoms with Crippen molar-refractivity contribution in [3.8, 4) is 5.88 Å². The normalized spacial score (nSPS) is 10.5. The molecular formula is C11H17NO. The fraction of sp³-hybridized carbons (Fsp3) is 0.545. The Kier molecular flexibility index (Phi) is 3.29. The second-order valence-corrected chi connectivity index (χ2v) is 3.41. The third kappa shape index (κ3) is 2.20. The number of ether oxygens (including phenoxy) is 1. The maximum absolute atomic E-state index is 5.24. The maximum atomic E-state index is 5.24. The molecule has 72 valence electrons. The van der Waals surface area contributed by atoms with Crippen molar-refractivity contribution in [3.63, 3.8) is 0 Å². The Morgan fingerprint density at radius 3 is 2.54 bits per heavy atom. The molecule has 2 heteroatoms. The molecule has 0 aromatic carbocycles. The first-order chi connectivity index (χ1) is 6.19. The zero-order chi connectivity index (χ0) is 9.84. The molecule has 0 unspecified atom stereocenters. The number of aromatic nitrogens is 1. The summed E-state index contributed by atoms with van der Waals surface area (Å²) < 4.78 is 5.24. The predicted octanol–water partition coefficient (Wildman–Crippen LogP) is 2.78. The molecule has 1 rings (SSSR count). The molecule has 0 bridgehead atoms. The average Bonchev–Trinajstić information content (AvgIpc) is 2.16. The second-order valence-electron chi connectivity index (χ2n) is 3.41. The van der Waals surface area contributed by atoms with E-state index in [2.05, 4.69) is 37.9 Å². The molecule has 2 nitrogen and oxygen atoms in total. The molecule has 1 aromatic heterocycles. The van der Waals surface area contributed by atoms with Crippen molar-refractivity contribution in [2.45, 2.75) is 33.1 Å². The minimum atomic E-state index is 0.466. The van der Waals surface area contributed by atoms with Gasteiger partial charge in [-0.1, -0.05) is 26.8 Å².